The fourth-order valence-corrected chi connectivity index (χ4v) is 3.16. The predicted molar refractivity (Wildman–Crippen MR) is 86.6 cm³/mol. The summed E-state index contributed by atoms with van der Waals surface area (Å²) < 4.78 is 2.64. The smallest absolute Gasteiger partial charge is 0.217 e. The summed E-state index contributed by atoms with van der Waals surface area (Å²) in [4.78, 5) is 6.93. The highest BCUT2D eigenvalue weighted by molar-refractivity contribution is 7.71. The first kappa shape index (κ1) is 14.5. The van der Waals surface area contributed by atoms with Crippen molar-refractivity contribution in [2.45, 2.75) is 45.3 Å². The maximum atomic E-state index is 5.38. The number of H-pyrrole nitrogens is 1. The van der Waals surface area contributed by atoms with Gasteiger partial charge in [-0.15, -0.1) is 0 Å². The number of hydrogen-bond acceptors (Lipinski definition) is 3. The highest BCUT2D eigenvalue weighted by Crippen LogP contribution is 2.31. The minimum Gasteiger partial charge on any atom is -0.282 e. The summed E-state index contributed by atoms with van der Waals surface area (Å²) in [6.07, 6.45) is 2.45. The van der Waals surface area contributed by atoms with Gasteiger partial charge in [-0.3, -0.25) is 10.00 Å². The lowest BCUT2D eigenvalue weighted by atomic mass is 10.1. The summed E-state index contributed by atoms with van der Waals surface area (Å²) in [6.45, 7) is 6.15. The summed E-state index contributed by atoms with van der Waals surface area (Å²) in [5.74, 6) is 1.34. The molecule has 1 aliphatic heterocycles. The van der Waals surface area contributed by atoms with E-state index in [1.54, 1.807) is 0 Å². The molecule has 3 rings (SSSR count). The molecule has 1 aliphatic rings. The van der Waals surface area contributed by atoms with Crippen molar-refractivity contribution in [1.29, 1.82) is 0 Å². The van der Waals surface area contributed by atoms with Crippen molar-refractivity contribution in [3.63, 3.8) is 0 Å². The van der Waals surface area contributed by atoms with E-state index < -0.39 is 0 Å². The van der Waals surface area contributed by atoms with Crippen LogP contribution in [0.5, 0.6) is 0 Å². The Morgan fingerprint density at radius 2 is 2.10 bits per heavy atom. The Hall–Kier alpha value is -1.46. The summed E-state index contributed by atoms with van der Waals surface area (Å²) in [6, 6.07) is 11.2. The van der Waals surface area contributed by atoms with Gasteiger partial charge < -0.3 is 0 Å². The van der Waals surface area contributed by atoms with Gasteiger partial charge in [-0.2, -0.15) is 0 Å². The van der Waals surface area contributed by atoms with Crippen molar-refractivity contribution in [1.82, 2.24) is 19.7 Å². The number of likely N-dealkylation sites (tertiary alicyclic amines) is 1. The van der Waals surface area contributed by atoms with E-state index >= 15 is 0 Å². The van der Waals surface area contributed by atoms with Crippen LogP contribution in [0.15, 0.2) is 30.3 Å². The number of hydrogen-bond donors (Lipinski definition) is 1. The van der Waals surface area contributed by atoms with Gasteiger partial charge in [0.2, 0.25) is 4.77 Å². The van der Waals surface area contributed by atoms with Gasteiger partial charge in [0.15, 0.2) is 0 Å². The van der Waals surface area contributed by atoms with Gasteiger partial charge in [-0.25, -0.2) is 9.67 Å². The maximum Gasteiger partial charge on any atom is 0.217 e. The van der Waals surface area contributed by atoms with Crippen LogP contribution in [0.2, 0.25) is 0 Å². The number of aromatic amines is 1. The van der Waals surface area contributed by atoms with Crippen LogP contribution in [0.25, 0.3) is 0 Å². The van der Waals surface area contributed by atoms with E-state index in [1.165, 1.54) is 18.4 Å². The fourth-order valence-electron chi connectivity index (χ4n) is 2.96. The zero-order valence-corrected chi connectivity index (χ0v) is 13.4. The van der Waals surface area contributed by atoms with Gasteiger partial charge in [-0.05, 0) is 30.6 Å². The molecule has 21 heavy (non-hydrogen) atoms. The third-order valence-corrected chi connectivity index (χ3v) is 4.43. The first-order valence-electron chi connectivity index (χ1n) is 7.61. The van der Waals surface area contributed by atoms with Gasteiger partial charge in [-0.1, -0.05) is 44.2 Å². The topological polar surface area (TPSA) is 36.9 Å². The molecule has 1 saturated heterocycles. The molecule has 0 radical (unpaired) electrons. The summed E-state index contributed by atoms with van der Waals surface area (Å²) in [5.41, 5.74) is 1.39. The molecule has 1 atom stereocenters. The molecule has 1 aromatic heterocycles. The lowest BCUT2D eigenvalue weighted by Crippen LogP contribution is -2.27. The Balaban J connectivity index is 1.79. The minimum absolute atomic E-state index is 0.372. The summed E-state index contributed by atoms with van der Waals surface area (Å²) in [5, 5.41) is 3.34. The van der Waals surface area contributed by atoms with Crippen LogP contribution in [0, 0.1) is 4.77 Å². The molecule has 5 heteroatoms. The van der Waals surface area contributed by atoms with E-state index in [1.807, 2.05) is 4.68 Å². The number of rotatable bonds is 4. The van der Waals surface area contributed by atoms with Crippen LogP contribution in [0.3, 0.4) is 0 Å². The molecule has 2 aromatic rings. The monoisotopic (exact) mass is 302 g/mol. The second-order valence-corrected chi connectivity index (χ2v) is 6.36. The minimum atomic E-state index is 0.372. The molecule has 0 unspecified atom stereocenters. The average molecular weight is 302 g/mol. The maximum absolute atomic E-state index is 5.38. The Bertz CT molecular complexity index is 644. The van der Waals surface area contributed by atoms with Crippen molar-refractivity contribution >= 4 is 12.2 Å². The highest BCUT2D eigenvalue weighted by Gasteiger charge is 2.26. The molecule has 0 bridgehead atoms. The molecule has 0 saturated carbocycles. The van der Waals surface area contributed by atoms with Crippen molar-refractivity contribution < 1.29 is 0 Å². The van der Waals surface area contributed by atoms with Gasteiger partial charge in [0, 0.05) is 18.5 Å². The van der Waals surface area contributed by atoms with E-state index in [0.29, 0.717) is 16.7 Å². The quantitative estimate of drug-likeness (QED) is 0.871. The van der Waals surface area contributed by atoms with Gasteiger partial charge >= 0.3 is 0 Å². The van der Waals surface area contributed by atoms with Gasteiger partial charge in [0.25, 0.3) is 0 Å². The Morgan fingerprint density at radius 3 is 2.76 bits per heavy atom. The number of nitrogens with one attached hydrogen (secondary N) is 1. The van der Waals surface area contributed by atoms with Crippen molar-refractivity contribution in [2.24, 2.45) is 0 Å². The van der Waals surface area contributed by atoms with E-state index in [2.05, 4.69) is 59.2 Å². The number of nitrogens with zero attached hydrogens (tertiary/aromatic N) is 3. The Kier molecular flexibility index (Phi) is 4.22. The van der Waals surface area contributed by atoms with E-state index in [4.69, 9.17) is 12.2 Å². The highest BCUT2D eigenvalue weighted by atomic mass is 32.1. The largest absolute Gasteiger partial charge is 0.282 e. The molecule has 1 fully saturated rings. The first-order chi connectivity index (χ1) is 10.1. The lowest BCUT2D eigenvalue weighted by molar-refractivity contribution is 0.189. The summed E-state index contributed by atoms with van der Waals surface area (Å²) in [7, 11) is 0. The normalized spacial score (nSPS) is 19.5. The molecule has 0 spiro atoms. The van der Waals surface area contributed by atoms with Crippen LogP contribution in [-0.2, 0) is 6.67 Å². The van der Waals surface area contributed by atoms with Crippen molar-refractivity contribution in [3.05, 3.63) is 46.5 Å². The second kappa shape index (κ2) is 6.12. The van der Waals surface area contributed by atoms with Gasteiger partial charge in [0.1, 0.15) is 5.82 Å². The molecule has 1 aromatic carbocycles. The first-order valence-corrected chi connectivity index (χ1v) is 8.01. The van der Waals surface area contributed by atoms with Crippen LogP contribution in [0.4, 0.5) is 0 Å². The zero-order chi connectivity index (χ0) is 14.8. The van der Waals surface area contributed by atoms with E-state index in [9.17, 15) is 0 Å². The average Bonchev–Trinajstić information content (AvgIpc) is 3.08. The molecular weight excluding hydrogens is 280 g/mol. The number of aromatic nitrogens is 3. The Labute approximate surface area is 130 Å². The predicted octanol–water partition coefficient (Wildman–Crippen LogP) is 3.86. The second-order valence-electron chi connectivity index (χ2n) is 6.00. The lowest BCUT2D eigenvalue weighted by Gasteiger charge is -2.24. The fraction of sp³-hybridized carbons (Fsp3) is 0.500. The molecule has 1 N–H and O–H groups in total. The van der Waals surface area contributed by atoms with Crippen LogP contribution >= 0.6 is 12.2 Å². The number of benzene rings is 1. The van der Waals surface area contributed by atoms with Crippen molar-refractivity contribution in [3.8, 4) is 0 Å². The third kappa shape index (κ3) is 3.09. The Morgan fingerprint density at radius 1 is 1.33 bits per heavy atom. The third-order valence-electron chi connectivity index (χ3n) is 4.11. The summed E-state index contributed by atoms with van der Waals surface area (Å²) >= 11 is 5.38. The van der Waals surface area contributed by atoms with Crippen LogP contribution in [0.1, 0.15) is 50.0 Å². The zero-order valence-electron chi connectivity index (χ0n) is 12.6. The van der Waals surface area contributed by atoms with E-state index in [0.717, 1.165) is 19.0 Å². The SMILES string of the molecule is CC(C)c1nc(=S)n(CN2CCC[C@@H]2c2ccccc2)[nH]1. The van der Waals surface area contributed by atoms with Crippen LogP contribution < -0.4 is 0 Å². The molecule has 2 heterocycles. The van der Waals surface area contributed by atoms with E-state index in [-0.39, 0.29) is 0 Å². The molecule has 112 valence electrons. The molecule has 0 aliphatic carbocycles. The van der Waals surface area contributed by atoms with Gasteiger partial charge in [0.05, 0.1) is 6.67 Å². The molecule has 0 amide bonds. The van der Waals surface area contributed by atoms with Crippen LogP contribution in [-0.4, -0.2) is 26.2 Å². The molecule has 4 nitrogen and oxygen atoms in total. The standard InChI is InChI=1S/C16H22N4S/c1-12(2)15-17-16(21)20(18-15)11-19-10-6-9-14(19)13-7-4-3-5-8-13/h3-5,7-8,12,14H,6,9-11H2,1-2H3,(H,17,18,21)/t14-/m1/s1. The van der Waals surface area contributed by atoms with Crippen molar-refractivity contribution in [2.75, 3.05) is 6.54 Å². The molecular formula is C16H22N4S.